The Morgan fingerprint density at radius 2 is 2.07 bits per heavy atom. The Morgan fingerprint density at radius 1 is 1.26 bits per heavy atom. The van der Waals surface area contributed by atoms with Gasteiger partial charge in [-0.15, -0.1) is 0 Å². The molecule has 4 rings (SSSR count). The van der Waals surface area contributed by atoms with E-state index in [1.54, 1.807) is 31.5 Å². The molecule has 0 amide bonds. The first-order valence-electron chi connectivity index (χ1n) is 13.0. The summed E-state index contributed by atoms with van der Waals surface area (Å²) in [6.45, 7) is 2.69. The highest BCUT2D eigenvalue weighted by Crippen LogP contribution is 2.39. The van der Waals surface area contributed by atoms with Crippen LogP contribution in [-0.4, -0.2) is 73.6 Å². The van der Waals surface area contributed by atoms with Crippen LogP contribution in [0.4, 0.5) is 5.69 Å². The number of carboxylic acids is 1. The first-order valence-corrected chi connectivity index (χ1v) is 14.2. The highest BCUT2D eigenvalue weighted by Gasteiger charge is 2.33. The summed E-state index contributed by atoms with van der Waals surface area (Å²) in [6, 6.07) is 5.17. The second-order valence-corrected chi connectivity index (χ2v) is 9.72. The molecule has 16 heteroatoms. The molecule has 2 aromatic heterocycles. The fourth-order valence-electron chi connectivity index (χ4n) is 4.07. The second-order valence-electron chi connectivity index (χ2n) is 8.95. The SMILES string of the molecule is CCOC(=O)CCc1cc(Oc2nc(SC)nc(OC(Cc3cnc[nH]3)C(=O)O)c2[N+](=O)[O-])cc(C2N=CCCN2)c1. The van der Waals surface area contributed by atoms with Crippen molar-refractivity contribution in [3.8, 4) is 17.5 Å². The van der Waals surface area contributed by atoms with Crippen LogP contribution < -0.4 is 14.8 Å². The first kappa shape index (κ1) is 30.4. The van der Waals surface area contributed by atoms with Crippen molar-refractivity contribution >= 4 is 35.6 Å². The van der Waals surface area contributed by atoms with E-state index in [1.807, 2.05) is 6.07 Å². The van der Waals surface area contributed by atoms with Crippen LogP contribution in [0.15, 0.2) is 40.9 Å². The molecule has 0 bridgehead atoms. The van der Waals surface area contributed by atoms with Gasteiger partial charge < -0.3 is 24.3 Å². The second kappa shape index (κ2) is 14.4. The third-order valence-electron chi connectivity index (χ3n) is 5.96. The van der Waals surface area contributed by atoms with Gasteiger partial charge in [0.15, 0.2) is 5.16 Å². The normalized spacial score (nSPS) is 15.1. The number of benzene rings is 1. The number of rotatable bonds is 14. The van der Waals surface area contributed by atoms with E-state index in [4.69, 9.17) is 14.2 Å². The summed E-state index contributed by atoms with van der Waals surface area (Å²) in [5.41, 5.74) is 1.13. The Kier molecular flexibility index (Phi) is 10.4. The molecule has 222 valence electrons. The van der Waals surface area contributed by atoms with E-state index < -0.39 is 34.4 Å². The summed E-state index contributed by atoms with van der Waals surface area (Å²) in [5, 5.41) is 25.3. The topological polar surface area (TPSA) is 204 Å². The van der Waals surface area contributed by atoms with Crippen LogP contribution in [0.2, 0.25) is 0 Å². The number of nitrogens with zero attached hydrogens (tertiary/aromatic N) is 5. The van der Waals surface area contributed by atoms with Crippen LogP contribution in [-0.2, 0) is 27.2 Å². The van der Waals surface area contributed by atoms with Crippen LogP contribution in [0.1, 0.15) is 42.8 Å². The maximum Gasteiger partial charge on any atom is 0.392 e. The molecule has 42 heavy (non-hydrogen) atoms. The molecule has 1 aromatic carbocycles. The largest absolute Gasteiger partial charge is 0.478 e. The first-order chi connectivity index (χ1) is 20.3. The summed E-state index contributed by atoms with van der Waals surface area (Å²) in [6.07, 6.45) is 5.41. The predicted molar refractivity (Wildman–Crippen MR) is 150 cm³/mol. The van der Waals surface area contributed by atoms with E-state index in [0.29, 0.717) is 29.8 Å². The number of esters is 1. The van der Waals surface area contributed by atoms with Gasteiger partial charge in [-0.1, -0.05) is 17.8 Å². The molecule has 1 aliphatic rings. The van der Waals surface area contributed by atoms with Gasteiger partial charge in [0.05, 0.1) is 17.9 Å². The lowest BCUT2D eigenvalue weighted by Crippen LogP contribution is -2.30. The Morgan fingerprint density at radius 3 is 2.71 bits per heavy atom. The van der Waals surface area contributed by atoms with E-state index in [2.05, 4.69) is 30.2 Å². The van der Waals surface area contributed by atoms with E-state index in [1.165, 1.54) is 12.5 Å². The maximum atomic E-state index is 12.2. The fraction of sp³-hybridized carbons (Fsp3) is 0.385. The molecule has 3 aromatic rings. The molecule has 0 spiro atoms. The van der Waals surface area contributed by atoms with Gasteiger partial charge in [-0.2, -0.15) is 9.97 Å². The van der Waals surface area contributed by atoms with Crippen molar-refractivity contribution in [1.29, 1.82) is 0 Å². The van der Waals surface area contributed by atoms with E-state index in [0.717, 1.165) is 18.2 Å². The summed E-state index contributed by atoms with van der Waals surface area (Å²) in [5.74, 6) is -2.52. The zero-order valence-electron chi connectivity index (χ0n) is 22.8. The summed E-state index contributed by atoms with van der Waals surface area (Å²) < 4.78 is 16.6. The minimum atomic E-state index is -1.52. The third-order valence-corrected chi connectivity index (χ3v) is 6.51. The number of imidazole rings is 1. The van der Waals surface area contributed by atoms with Crippen molar-refractivity contribution in [1.82, 2.24) is 25.3 Å². The van der Waals surface area contributed by atoms with Gasteiger partial charge in [-0.25, -0.2) is 9.78 Å². The lowest BCUT2D eigenvalue weighted by molar-refractivity contribution is -0.387. The molecule has 0 radical (unpaired) electrons. The number of ether oxygens (including phenoxy) is 3. The van der Waals surface area contributed by atoms with Crippen LogP contribution in [0, 0.1) is 10.1 Å². The van der Waals surface area contributed by atoms with Gasteiger partial charge in [0.25, 0.3) is 0 Å². The van der Waals surface area contributed by atoms with E-state index in [9.17, 15) is 24.8 Å². The number of H-pyrrole nitrogens is 1. The van der Waals surface area contributed by atoms with Crippen LogP contribution in [0.3, 0.4) is 0 Å². The maximum absolute atomic E-state index is 12.2. The zero-order chi connectivity index (χ0) is 30.1. The summed E-state index contributed by atoms with van der Waals surface area (Å²) >= 11 is 1.06. The van der Waals surface area contributed by atoms with Gasteiger partial charge in [0.1, 0.15) is 11.9 Å². The van der Waals surface area contributed by atoms with Crippen LogP contribution >= 0.6 is 11.8 Å². The quantitative estimate of drug-likeness (QED) is 0.0801. The molecule has 15 nitrogen and oxygen atoms in total. The standard InChI is InChI=1S/C26H29N7O8S/c1-3-39-20(34)6-5-15-9-16(22-28-7-4-8-29-22)11-18(10-15)40-23-21(33(37)38)24(32-26(31-23)42-2)41-19(25(35)36)12-17-13-27-14-30-17/h7,9-11,13-14,19,22,29H,3-6,8,12H2,1-2H3,(H,27,30)(H,35,36). The van der Waals surface area contributed by atoms with Crippen molar-refractivity contribution in [2.45, 2.75) is 50.0 Å². The average molecular weight is 600 g/mol. The Labute approximate surface area is 244 Å². The van der Waals surface area contributed by atoms with Gasteiger partial charge in [-0.05, 0) is 49.3 Å². The number of hydrogen-bond acceptors (Lipinski definition) is 13. The number of aromatic amines is 1. The van der Waals surface area contributed by atoms with Crippen LogP contribution in [0.25, 0.3) is 0 Å². The lowest BCUT2D eigenvalue weighted by atomic mass is 10.0. The summed E-state index contributed by atoms with van der Waals surface area (Å²) in [4.78, 5) is 54.8. The van der Waals surface area contributed by atoms with Crippen molar-refractivity contribution in [2.24, 2.45) is 4.99 Å². The number of aromatic nitrogens is 4. The number of aryl methyl sites for hydroxylation is 1. The number of thioether (sulfide) groups is 1. The number of nitro groups is 1. The van der Waals surface area contributed by atoms with Gasteiger partial charge in [0, 0.05) is 37.5 Å². The molecule has 2 unspecified atom stereocenters. The third kappa shape index (κ3) is 8.01. The van der Waals surface area contributed by atoms with E-state index >= 15 is 0 Å². The molecule has 0 fully saturated rings. The minimum absolute atomic E-state index is 0.0634. The lowest BCUT2D eigenvalue weighted by Gasteiger charge is -2.20. The molecule has 3 N–H and O–H groups in total. The number of carbonyl (C=O) groups is 2. The predicted octanol–water partition coefficient (Wildman–Crippen LogP) is 3.26. The van der Waals surface area contributed by atoms with Gasteiger partial charge in [-0.3, -0.25) is 25.2 Å². The highest BCUT2D eigenvalue weighted by molar-refractivity contribution is 7.98. The fourth-order valence-corrected chi connectivity index (χ4v) is 4.42. The zero-order valence-corrected chi connectivity index (χ0v) is 23.6. The van der Waals surface area contributed by atoms with Crippen molar-refractivity contribution < 1.29 is 33.8 Å². The number of carbonyl (C=O) groups excluding carboxylic acids is 1. The molecule has 2 atom stereocenters. The Balaban J connectivity index is 1.71. The van der Waals surface area contributed by atoms with E-state index in [-0.39, 0.29) is 42.5 Å². The van der Waals surface area contributed by atoms with Crippen molar-refractivity contribution in [3.05, 3.63) is 57.7 Å². The van der Waals surface area contributed by atoms with Gasteiger partial charge >= 0.3 is 29.4 Å². The number of aliphatic carboxylic acids is 1. The van der Waals surface area contributed by atoms with Gasteiger partial charge in [0.2, 0.25) is 6.10 Å². The number of nitrogens with one attached hydrogen (secondary N) is 2. The minimum Gasteiger partial charge on any atom is -0.478 e. The molecule has 0 aliphatic carbocycles. The smallest absolute Gasteiger partial charge is 0.392 e. The number of hydrogen-bond donors (Lipinski definition) is 3. The molecular weight excluding hydrogens is 570 g/mol. The molecule has 1 aliphatic heterocycles. The Hall–Kier alpha value is -4.57. The van der Waals surface area contributed by atoms with Crippen molar-refractivity contribution in [3.63, 3.8) is 0 Å². The molecule has 3 heterocycles. The average Bonchev–Trinajstić information content (AvgIpc) is 3.49. The monoisotopic (exact) mass is 599 g/mol. The van der Waals surface area contributed by atoms with Crippen LogP contribution in [0.5, 0.6) is 17.5 Å². The number of carboxylic acid groups (broad SMARTS) is 1. The molecular formula is C26H29N7O8S. The molecule has 0 saturated heterocycles. The highest BCUT2D eigenvalue weighted by atomic mass is 32.2. The number of aliphatic imine (C=N–C) groups is 1. The van der Waals surface area contributed by atoms with Crippen molar-refractivity contribution in [2.75, 3.05) is 19.4 Å². The Bertz CT molecular complexity index is 1450. The summed E-state index contributed by atoms with van der Waals surface area (Å²) in [7, 11) is 0. The molecule has 0 saturated carbocycles.